The highest BCUT2D eigenvalue weighted by molar-refractivity contribution is 7.80. The van der Waals surface area contributed by atoms with Gasteiger partial charge in [-0.1, -0.05) is 12.1 Å². The molecule has 1 saturated heterocycles. The molecule has 2 amide bonds. The molecule has 41 heavy (non-hydrogen) atoms. The average Bonchev–Trinajstić information content (AvgIpc) is 2.97. The molecule has 226 valence electrons. The smallest absolute Gasteiger partial charge is 0.317 e. The Morgan fingerprint density at radius 1 is 0.805 bits per heavy atom. The first-order valence-electron chi connectivity index (χ1n) is 12.9. The van der Waals surface area contributed by atoms with E-state index in [2.05, 4.69) is 21.3 Å². The summed E-state index contributed by atoms with van der Waals surface area (Å²) in [5.41, 5.74) is 1.52. The van der Waals surface area contributed by atoms with Gasteiger partial charge >= 0.3 is 17.9 Å². The van der Waals surface area contributed by atoms with Crippen molar-refractivity contribution in [2.75, 3.05) is 77.8 Å². The molecule has 15 nitrogen and oxygen atoms in total. The number of amides is 2. The number of aliphatic carboxylic acids is 3. The van der Waals surface area contributed by atoms with E-state index >= 15 is 0 Å². The quantitative estimate of drug-likeness (QED) is 0.122. The summed E-state index contributed by atoms with van der Waals surface area (Å²) in [5.74, 6) is -3.80. The zero-order valence-corrected chi connectivity index (χ0v) is 23.6. The standard InChI is InChI=1S/C25H37N7O8S/c1-26-20(33)11-27-21(34)12-28-25(41)29-18-4-2-17(3-5-18)10-19-13-31(15-23(37)38)7-6-30(14-22(35)36)8-9-32(19)16-24(39)40/h2-5,19H,6-16H2,1H3,(H,26,33)(H,27,34)(H,35,36)(H,37,38)(H,39,40)(H2,28,29,41). The fraction of sp³-hybridized carbons (Fsp3) is 0.520. The van der Waals surface area contributed by atoms with Crippen molar-refractivity contribution < 1.29 is 39.3 Å². The number of rotatable bonds is 13. The van der Waals surface area contributed by atoms with Gasteiger partial charge in [0.05, 0.1) is 32.7 Å². The van der Waals surface area contributed by atoms with Crippen LogP contribution in [0.1, 0.15) is 5.56 Å². The first-order valence-corrected chi connectivity index (χ1v) is 13.3. The maximum Gasteiger partial charge on any atom is 0.317 e. The van der Waals surface area contributed by atoms with Gasteiger partial charge in [0.1, 0.15) is 0 Å². The van der Waals surface area contributed by atoms with E-state index in [0.29, 0.717) is 38.3 Å². The van der Waals surface area contributed by atoms with Crippen LogP contribution in [-0.2, 0) is 30.4 Å². The first-order chi connectivity index (χ1) is 19.4. The summed E-state index contributed by atoms with van der Waals surface area (Å²) in [7, 11) is 1.47. The summed E-state index contributed by atoms with van der Waals surface area (Å²) in [5, 5.41) is 38.9. The van der Waals surface area contributed by atoms with Gasteiger partial charge in [-0.2, -0.15) is 0 Å². The lowest BCUT2D eigenvalue weighted by atomic mass is 10.0. The molecule has 0 aromatic heterocycles. The minimum Gasteiger partial charge on any atom is -0.480 e. The normalized spacial score (nSPS) is 16.9. The van der Waals surface area contributed by atoms with Gasteiger partial charge in [-0.3, -0.25) is 38.7 Å². The number of carboxylic acid groups (broad SMARTS) is 3. The van der Waals surface area contributed by atoms with E-state index in [4.69, 9.17) is 12.2 Å². The van der Waals surface area contributed by atoms with Crippen LogP contribution in [0.2, 0.25) is 0 Å². The average molecular weight is 596 g/mol. The Bertz CT molecular complexity index is 1090. The maximum absolute atomic E-state index is 11.8. The molecule has 0 radical (unpaired) electrons. The molecule has 2 rings (SSSR count). The summed E-state index contributed by atoms with van der Waals surface area (Å²) in [6, 6.07) is 6.88. The molecule has 1 aliphatic rings. The van der Waals surface area contributed by atoms with Gasteiger partial charge in [0.2, 0.25) is 11.8 Å². The number of nitrogens with zero attached hydrogens (tertiary/aromatic N) is 3. The number of anilines is 1. The van der Waals surface area contributed by atoms with Crippen LogP contribution < -0.4 is 21.3 Å². The number of hydrogen-bond acceptors (Lipinski definition) is 9. The van der Waals surface area contributed by atoms with Crippen LogP contribution in [0, 0.1) is 0 Å². The number of carbonyl (C=O) groups excluding carboxylic acids is 2. The van der Waals surface area contributed by atoms with Gasteiger partial charge in [-0.25, -0.2) is 0 Å². The van der Waals surface area contributed by atoms with Crippen molar-refractivity contribution in [2.24, 2.45) is 0 Å². The number of benzene rings is 1. The van der Waals surface area contributed by atoms with E-state index in [9.17, 15) is 39.3 Å². The third kappa shape index (κ3) is 13.4. The SMILES string of the molecule is CNC(=O)CNC(=O)CNC(=S)Nc1ccc(CC2CN(CC(=O)O)CCN(CC(=O)O)CCN2CC(=O)O)cc1. The van der Waals surface area contributed by atoms with Gasteiger partial charge in [-0.15, -0.1) is 0 Å². The molecule has 1 unspecified atom stereocenters. The minimum atomic E-state index is -1.04. The van der Waals surface area contributed by atoms with Crippen molar-refractivity contribution in [1.29, 1.82) is 0 Å². The monoisotopic (exact) mass is 595 g/mol. The van der Waals surface area contributed by atoms with Gasteiger partial charge in [0.25, 0.3) is 0 Å². The lowest BCUT2D eigenvalue weighted by Gasteiger charge is -2.33. The third-order valence-electron chi connectivity index (χ3n) is 6.29. The molecule has 1 aromatic carbocycles. The first kappa shape index (κ1) is 33.3. The predicted molar refractivity (Wildman–Crippen MR) is 153 cm³/mol. The molecule has 0 spiro atoms. The molecule has 0 aliphatic carbocycles. The molecule has 1 fully saturated rings. The van der Waals surface area contributed by atoms with Crippen LogP contribution in [0.4, 0.5) is 5.69 Å². The zero-order valence-electron chi connectivity index (χ0n) is 22.8. The molecular formula is C25H37N7O8S. The number of likely N-dealkylation sites (N-methyl/N-ethyl adjacent to an activating group) is 1. The predicted octanol–water partition coefficient (Wildman–Crippen LogP) is -2.08. The molecule has 0 bridgehead atoms. The van der Waals surface area contributed by atoms with Gasteiger partial charge in [-0.05, 0) is 36.3 Å². The highest BCUT2D eigenvalue weighted by Crippen LogP contribution is 2.16. The van der Waals surface area contributed by atoms with Crippen LogP contribution in [0.25, 0.3) is 0 Å². The van der Waals surface area contributed by atoms with E-state index in [1.165, 1.54) is 7.05 Å². The minimum absolute atomic E-state index is 0.126. The van der Waals surface area contributed by atoms with Gasteiger partial charge < -0.3 is 36.6 Å². The van der Waals surface area contributed by atoms with Crippen molar-refractivity contribution in [3.63, 3.8) is 0 Å². The summed E-state index contributed by atoms with van der Waals surface area (Å²) >= 11 is 5.22. The lowest BCUT2D eigenvalue weighted by Crippen LogP contribution is -2.49. The van der Waals surface area contributed by atoms with Crippen molar-refractivity contribution in [2.45, 2.75) is 12.5 Å². The number of thiocarbonyl (C=S) groups is 1. The van der Waals surface area contributed by atoms with Gasteiger partial charge in [0.15, 0.2) is 5.11 Å². The number of nitrogens with one attached hydrogen (secondary N) is 4. The Hall–Kier alpha value is -3.86. The number of hydrogen-bond donors (Lipinski definition) is 7. The van der Waals surface area contributed by atoms with Crippen LogP contribution >= 0.6 is 12.2 Å². The Morgan fingerprint density at radius 3 is 1.98 bits per heavy atom. The highest BCUT2D eigenvalue weighted by Gasteiger charge is 2.28. The van der Waals surface area contributed by atoms with Crippen LogP contribution in [0.15, 0.2) is 24.3 Å². The Balaban J connectivity index is 2.07. The number of carboxylic acids is 3. The molecular weight excluding hydrogens is 558 g/mol. The molecule has 1 aromatic rings. The fourth-order valence-corrected chi connectivity index (χ4v) is 4.46. The second kappa shape index (κ2) is 17.1. The van der Waals surface area contributed by atoms with E-state index in [-0.39, 0.29) is 56.3 Å². The Kier molecular flexibility index (Phi) is 13.9. The van der Waals surface area contributed by atoms with E-state index < -0.39 is 23.8 Å². The second-order valence-corrected chi connectivity index (χ2v) is 9.88. The van der Waals surface area contributed by atoms with Crippen LogP contribution in [0.3, 0.4) is 0 Å². The highest BCUT2D eigenvalue weighted by atomic mass is 32.1. The summed E-state index contributed by atoms with van der Waals surface area (Å²) in [6.07, 6.45) is 0.427. The molecule has 7 N–H and O–H groups in total. The topological polar surface area (TPSA) is 204 Å². The van der Waals surface area contributed by atoms with E-state index in [1.54, 1.807) is 26.8 Å². The zero-order chi connectivity index (χ0) is 30.4. The largest absolute Gasteiger partial charge is 0.480 e. The molecule has 0 saturated carbocycles. The molecule has 1 heterocycles. The fourth-order valence-electron chi connectivity index (χ4n) is 4.27. The van der Waals surface area contributed by atoms with Crippen LogP contribution in [-0.4, -0.2) is 143 Å². The second-order valence-electron chi connectivity index (χ2n) is 9.48. The van der Waals surface area contributed by atoms with E-state index in [1.807, 2.05) is 12.1 Å². The third-order valence-corrected chi connectivity index (χ3v) is 6.54. The Labute approximate surface area is 242 Å². The molecule has 1 aliphatic heterocycles. The van der Waals surface area contributed by atoms with Crippen molar-refractivity contribution in [3.8, 4) is 0 Å². The Morgan fingerprint density at radius 2 is 1.37 bits per heavy atom. The van der Waals surface area contributed by atoms with Crippen molar-refractivity contribution in [3.05, 3.63) is 29.8 Å². The van der Waals surface area contributed by atoms with Crippen LogP contribution in [0.5, 0.6) is 0 Å². The van der Waals surface area contributed by atoms with E-state index in [0.717, 1.165) is 5.56 Å². The molecule has 16 heteroatoms. The van der Waals surface area contributed by atoms with Gasteiger partial charge in [0, 0.05) is 51.5 Å². The molecule has 1 atom stereocenters. The number of carbonyl (C=O) groups is 5. The summed E-state index contributed by atoms with van der Waals surface area (Å²) in [4.78, 5) is 62.6. The summed E-state index contributed by atoms with van der Waals surface area (Å²) in [6.45, 7) is 0.574. The van der Waals surface area contributed by atoms with Crippen molar-refractivity contribution in [1.82, 2.24) is 30.7 Å². The summed E-state index contributed by atoms with van der Waals surface area (Å²) < 4.78 is 0. The lowest BCUT2D eigenvalue weighted by molar-refractivity contribution is -0.140. The van der Waals surface area contributed by atoms with Crippen molar-refractivity contribution >= 4 is 52.7 Å². The maximum atomic E-state index is 11.8.